The van der Waals surface area contributed by atoms with Gasteiger partial charge in [-0.15, -0.1) is 0 Å². The second-order valence-electron chi connectivity index (χ2n) is 7.36. The van der Waals surface area contributed by atoms with Gasteiger partial charge in [-0.3, -0.25) is 0 Å². The van der Waals surface area contributed by atoms with Crippen LogP contribution in [0.3, 0.4) is 0 Å². The number of aliphatic hydroxyl groups is 1. The molecule has 21 heavy (non-hydrogen) atoms. The summed E-state index contributed by atoms with van der Waals surface area (Å²) in [6, 6.07) is 9.02. The minimum absolute atomic E-state index is 0.0619. The number of H-pyrrole nitrogens is 1. The largest absolute Gasteiger partial charge is 0.391 e. The van der Waals surface area contributed by atoms with Crippen LogP contribution in [0.4, 0.5) is 0 Å². The zero-order chi connectivity index (χ0) is 15.0. The number of aromatic amines is 1. The molecule has 3 rings (SSSR count). The maximum atomic E-state index is 10.2. The third-order valence-corrected chi connectivity index (χ3v) is 4.69. The van der Waals surface area contributed by atoms with Crippen LogP contribution in [0.15, 0.2) is 24.3 Å². The van der Waals surface area contributed by atoms with Crippen molar-refractivity contribution in [3.05, 3.63) is 35.5 Å². The Kier molecular flexibility index (Phi) is 3.80. The van der Waals surface area contributed by atoms with Crippen LogP contribution in [0.5, 0.6) is 0 Å². The molecule has 0 bridgehead atoms. The average Bonchev–Trinajstić information content (AvgIpc) is 2.81. The number of hydrogen-bond donors (Lipinski definition) is 3. The van der Waals surface area contributed by atoms with Gasteiger partial charge in [-0.1, -0.05) is 39.0 Å². The number of para-hydroxylation sites is 1. The van der Waals surface area contributed by atoms with Crippen LogP contribution in [-0.2, 0) is 12.8 Å². The lowest BCUT2D eigenvalue weighted by Crippen LogP contribution is -2.43. The molecule has 2 atom stereocenters. The third kappa shape index (κ3) is 2.99. The van der Waals surface area contributed by atoms with Crippen LogP contribution < -0.4 is 5.32 Å². The van der Waals surface area contributed by atoms with Crippen LogP contribution in [0.1, 0.15) is 38.4 Å². The van der Waals surface area contributed by atoms with Gasteiger partial charge in [0.2, 0.25) is 0 Å². The highest BCUT2D eigenvalue weighted by Crippen LogP contribution is 2.29. The summed E-state index contributed by atoms with van der Waals surface area (Å²) in [4.78, 5) is 3.55. The number of aromatic nitrogens is 1. The molecule has 1 aromatic heterocycles. The molecule has 1 aliphatic rings. The Morgan fingerprint density at radius 1 is 1.33 bits per heavy atom. The van der Waals surface area contributed by atoms with Gasteiger partial charge in [-0.2, -0.15) is 0 Å². The normalized spacial score (nSPS) is 20.5. The molecule has 1 aliphatic carbocycles. The van der Waals surface area contributed by atoms with Gasteiger partial charge in [0, 0.05) is 29.2 Å². The van der Waals surface area contributed by atoms with Crippen molar-refractivity contribution in [2.75, 3.05) is 6.54 Å². The highest BCUT2D eigenvalue weighted by Gasteiger charge is 2.25. The minimum atomic E-state index is -0.304. The van der Waals surface area contributed by atoms with E-state index in [2.05, 4.69) is 55.3 Å². The number of nitrogens with one attached hydrogen (secondary N) is 2. The summed E-state index contributed by atoms with van der Waals surface area (Å²) in [5, 5.41) is 15.1. The summed E-state index contributed by atoms with van der Waals surface area (Å²) in [5.74, 6) is 0. The number of fused-ring (bicyclic) bond motifs is 3. The molecule has 0 aliphatic heterocycles. The highest BCUT2D eigenvalue weighted by molar-refractivity contribution is 5.84. The van der Waals surface area contributed by atoms with E-state index in [1.54, 1.807) is 0 Å². The smallest absolute Gasteiger partial charge is 0.0712 e. The van der Waals surface area contributed by atoms with E-state index in [9.17, 15) is 5.11 Å². The van der Waals surface area contributed by atoms with E-state index in [1.165, 1.54) is 22.2 Å². The van der Waals surface area contributed by atoms with Gasteiger partial charge in [-0.05, 0) is 36.3 Å². The molecule has 1 aromatic carbocycles. The van der Waals surface area contributed by atoms with E-state index in [0.717, 1.165) is 19.3 Å². The van der Waals surface area contributed by atoms with Crippen LogP contribution in [0.2, 0.25) is 0 Å². The Bertz CT molecular complexity index is 624. The van der Waals surface area contributed by atoms with E-state index < -0.39 is 0 Å². The zero-order valence-corrected chi connectivity index (χ0v) is 13.2. The second kappa shape index (κ2) is 5.47. The number of hydrogen-bond acceptors (Lipinski definition) is 2. The fourth-order valence-electron chi connectivity index (χ4n) is 3.13. The van der Waals surface area contributed by atoms with Gasteiger partial charge in [-0.25, -0.2) is 0 Å². The van der Waals surface area contributed by atoms with Crippen molar-refractivity contribution in [3.63, 3.8) is 0 Å². The van der Waals surface area contributed by atoms with Crippen LogP contribution in [0.25, 0.3) is 10.9 Å². The third-order valence-electron chi connectivity index (χ3n) is 4.69. The van der Waals surface area contributed by atoms with Crippen molar-refractivity contribution in [1.82, 2.24) is 10.3 Å². The lowest BCUT2D eigenvalue weighted by Gasteiger charge is -2.30. The van der Waals surface area contributed by atoms with Crippen molar-refractivity contribution in [1.29, 1.82) is 0 Å². The van der Waals surface area contributed by atoms with Crippen molar-refractivity contribution >= 4 is 10.9 Å². The van der Waals surface area contributed by atoms with Gasteiger partial charge in [0.25, 0.3) is 0 Å². The molecule has 0 saturated carbocycles. The number of rotatable bonds is 3. The Morgan fingerprint density at radius 2 is 2.10 bits per heavy atom. The summed E-state index contributed by atoms with van der Waals surface area (Å²) < 4.78 is 0. The highest BCUT2D eigenvalue weighted by atomic mass is 16.3. The first-order valence-electron chi connectivity index (χ1n) is 7.95. The molecule has 0 radical (unpaired) electrons. The Hall–Kier alpha value is -1.32. The first-order valence-corrected chi connectivity index (χ1v) is 7.95. The summed E-state index contributed by atoms with van der Waals surface area (Å²) in [7, 11) is 0. The first kappa shape index (κ1) is 14.6. The summed E-state index contributed by atoms with van der Waals surface area (Å²) in [5.41, 5.74) is 4.04. The lowest BCUT2D eigenvalue weighted by molar-refractivity contribution is 0.0600. The van der Waals surface area contributed by atoms with Gasteiger partial charge >= 0.3 is 0 Å². The number of aliphatic hydroxyl groups excluding tert-OH is 1. The van der Waals surface area contributed by atoms with Crippen LogP contribution >= 0.6 is 0 Å². The molecule has 3 nitrogen and oxygen atoms in total. The van der Waals surface area contributed by atoms with Crippen LogP contribution in [0, 0.1) is 5.41 Å². The Morgan fingerprint density at radius 3 is 2.86 bits per heavy atom. The van der Waals surface area contributed by atoms with Gasteiger partial charge < -0.3 is 15.4 Å². The first-order chi connectivity index (χ1) is 9.95. The van der Waals surface area contributed by atoms with E-state index in [0.29, 0.717) is 12.6 Å². The van der Waals surface area contributed by atoms with Crippen molar-refractivity contribution in [3.8, 4) is 0 Å². The van der Waals surface area contributed by atoms with Crippen LogP contribution in [-0.4, -0.2) is 28.8 Å². The van der Waals surface area contributed by atoms with Gasteiger partial charge in [0.05, 0.1) is 6.10 Å². The molecule has 114 valence electrons. The molecule has 2 unspecified atom stereocenters. The topological polar surface area (TPSA) is 48.0 Å². The Labute approximate surface area is 126 Å². The lowest BCUT2D eigenvalue weighted by atomic mass is 9.88. The Balaban J connectivity index is 1.70. The summed E-state index contributed by atoms with van der Waals surface area (Å²) in [6.07, 6.45) is 2.97. The predicted molar refractivity (Wildman–Crippen MR) is 87.6 cm³/mol. The van der Waals surface area contributed by atoms with E-state index in [-0.39, 0.29) is 11.5 Å². The summed E-state index contributed by atoms with van der Waals surface area (Å²) in [6.45, 7) is 6.92. The molecule has 0 amide bonds. The molecular weight excluding hydrogens is 260 g/mol. The average molecular weight is 286 g/mol. The predicted octanol–water partition coefficient (Wildman–Crippen LogP) is 3.02. The fourth-order valence-corrected chi connectivity index (χ4v) is 3.13. The molecule has 3 N–H and O–H groups in total. The van der Waals surface area contributed by atoms with Crippen molar-refractivity contribution in [2.24, 2.45) is 5.41 Å². The minimum Gasteiger partial charge on any atom is -0.391 e. The maximum Gasteiger partial charge on any atom is 0.0712 e. The van der Waals surface area contributed by atoms with Crippen molar-refractivity contribution in [2.45, 2.75) is 52.2 Å². The molecule has 0 spiro atoms. The summed E-state index contributed by atoms with van der Waals surface area (Å²) >= 11 is 0. The zero-order valence-electron chi connectivity index (χ0n) is 13.2. The van der Waals surface area contributed by atoms with Gasteiger partial charge in [0.1, 0.15) is 0 Å². The van der Waals surface area contributed by atoms with E-state index >= 15 is 0 Å². The fraction of sp³-hybridized carbons (Fsp3) is 0.556. The monoisotopic (exact) mass is 286 g/mol. The molecule has 0 fully saturated rings. The molecular formula is C18H26N2O. The second-order valence-corrected chi connectivity index (χ2v) is 7.36. The standard InChI is InChI=1S/C18H26N2O/c1-18(2,3)17(21)11-19-12-8-9-16-14(10-12)13-6-4-5-7-15(13)20-16/h4-7,12,17,19-21H,8-11H2,1-3H3. The van der Waals surface area contributed by atoms with Gasteiger partial charge in [0.15, 0.2) is 0 Å². The number of aryl methyl sites for hydroxylation is 1. The molecule has 1 heterocycles. The number of benzene rings is 1. The van der Waals surface area contributed by atoms with Crippen molar-refractivity contribution < 1.29 is 5.11 Å². The molecule has 2 aromatic rings. The SMILES string of the molecule is CC(C)(C)C(O)CNC1CCc2[nH]c3ccccc3c2C1. The van der Waals surface area contributed by atoms with E-state index in [4.69, 9.17) is 0 Å². The molecule has 3 heteroatoms. The quantitative estimate of drug-likeness (QED) is 0.812. The molecule has 0 saturated heterocycles. The maximum absolute atomic E-state index is 10.2. The van der Waals surface area contributed by atoms with E-state index in [1.807, 2.05) is 0 Å².